The number of likely N-dealkylation sites (tertiary alicyclic amines) is 1. The molecule has 2 atom stereocenters. The number of hydrogen-bond donors (Lipinski definition) is 1. The molecular formula is C14H19NO4. The number of rotatable bonds is 2. The van der Waals surface area contributed by atoms with E-state index in [9.17, 15) is 19.5 Å². The van der Waals surface area contributed by atoms with Gasteiger partial charge in [-0.25, -0.2) is 4.79 Å². The Labute approximate surface area is 112 Å². The quantitative estimate of drug-likeness (QED) is 0.769. The van der Waals surface area contributed by atoms with Crippen LogP contribution in [0.2, 0.25) is 0 Å². The molecule has 1 aliphatic heterocycles. The Morgan fingerprint density at radius 2 is 1.53 bits per heavy atom. The highest BCUT2D eigenvalue weighted by Gasteiger charge is 2.59. The molecule has 0 bridgehead atoms. The van der Waals surface area contributed by atoms with Gasteiger partial charge in [0.1, 0.15) is 5.54 Å². The number of carboxylic acid groups (broad SMARTS) is 1. The van der Waals surface area contributed by atoms with Gasteiger partial charge in [-0.15, -0.1) is 0 Å². The van der Waals surface area contributed by atoms with Crippen LogP contribution in [0, 0.1) is 11.8 Å². The summed E-state index contributed by atoms with van der Waals surface area (Å²) in [7, 11) is 0. The summed E-state index contributed by atoms with van der Waals surface area (Å²) in [5, 5.41) is 9.60. The van der Waals surface area contributed by atoms with Gasteiger partial charge in [0.15, 0.2) is 0 Å². The van der Waals surface area contributed by atoms with Crippen molar-refractivity contribution in [2.75, 3.05) is 0 Å². The molecule has 3 rings (SSSR count). The highest BCUT2D eigenvalue weighted by molar-refractivity contribution is 6.09. The Balaban J connectivity index is 1.97. The molecule has 3 aliphatic rings. The van der Waals surface area contributed by atoms with E-state index in [1.54, 1.807) is 0 Å². The number of fused-ring (bicyclic) bond motifs is 1. The molecule has 1 heterocycles. The monoisotopic (exact) mass is 265 g/mol. The van der Waals surface area contributed by atoms with E-state index in [1.165, 1.54) is 0 Å². The molecule has 104 valence electrons. The van der Waals surface area contributed by atoms with E-state index in [0.29, 0.717) is 12.8 Å². The van der Waals surface area contributed by atoms with Crippen LogP contribution < -0.4 is 0 Å². The molecule has 19 heavy (non-hydrogen) atoms. The molecule has 0 radical (unpaired) electrons. The minimum atomic E-state index is -1.25. The van der Waals surface area contributed by atoms with Gasteiger partial charge in [-0.1, -0.05) is 25.7 Å². The molecule has 2 amide bonds. The first-order valence-electron chi connectivity index (χ1n) is 7.19. The summed E-state index contributed by atoms with van der Waals surface area (Å²) in [4.78, 5) is 37.8. The van der Waals surface area contributed by atoms with Crippen LogP contribution in [0.1, 0.15) is 51.4 Å². The van der Waals surface area contributed by atoms with Gasteiger partial charge >= 0.3 is 5.97 Å². The van der Waals surface area contributed by atoms with E-state index < -0.39 is 11.5 Å². The Morgan fingerprint density at radius 1 is 1.00 bits per heavy atom. The number of nitrogens with zero attached hydrogens (tertiary/aromatic N) is 1. The average Bonchev–Trinajstić information content (AvgIpc) is 2.96. The molecule has 0 aromatic rings. The molecule has 2 aliphatic carbocycles. The van der Waals surface area contributed by atoms with Gasteiger partial charge in [0, 0.05) is 0 Å². The summed E-state index contributed by atoms with van der Waals surface area (Å²) < 4.78 is 0. The number of amides is 2. The second-order valence-corrected chi connectivity index (χ2v) is 6.05. The van der Waals surface area contributed by atoms with Gasteiger partial charge in [0.05, 0.1) is 11.8 Å². The summed E-state index contributed by atoms with van der Waals surface area (Å²) in [6, 6.07) is 0. The lowest BCUT2D eigenvalue weighted by Crippen LogP contribution is -2.58. The Morgan fingerprint density at radius 3 is 2.00 bits per heavy atom. The maximum absolute atomic E-state index is 12.4. The normalized spacial score (nSPS) is 33.6. The summed E-state index contributed by atoms with van der Waals surface area (Å²) in [6.45, 7) is 0. The Kier molecular flexibility index (Phi) is 2.87. The predicted octanol–water partition coefficient (Wildman–Crippen LogP) is 1.56. The maximum atomic E-state index is 12.4. The number of hydrogen-bond acceptors (Lipinski definition) is 3. The summed E-state index contributed by atoms with van der Waals surface area (Å²) in [5.41, 5.74) is -1.25. The van der Waals surface area contributed by atoms with Crippen molar-refractivity contribution in [1.82, 2.24) is 4.90 Å². The largest absolute Gasteiger partial charge is 0.479 e. The van der Waals surface area contributed by atoms with Crippen LogP contribution in [-0.4, -0.2) is 33.3 Å². The van der Waals surface area contributed by atoms with Crippen molar-refractivity contribution in [3.63, 3.8) is 0 Å². The van der Waals surface area contributed by atoms with E-state index in [1.807, 2.05) is 0 Å². The third kappa shape index (κ3) is 1.63. The summed E-state index contributed by atoms with van der Waals surface area (Å²) in [6.07, 6.45) is 5.75. The smallest absolute Gasteiger partial charge is 0.330 e. The summed E-state index contributed by atoms with van der Waals surface area (Å²) in [5.74, 6) is -1.95. The second-order valence-electron chi connectivity index (χ2n) is 6.05. The van der Waals surface area contributed by atoms with Gasteiger partial charge in [0.2, 0.25) is 11.8 Å². The third-order valence-corrected chi connectivity index (χ3v) is 5.10. The van der Waals surface area contributed by atoms with E-state index in [4.69, 9.17) is 0 Å². The fourth-order valence-corrected chi connectivity index (χ4v) is 4.08. The van der Waals surface area contributed by atoms with E-state index >= 15 is 0 Å². The fraction of sp³-hybridized carbons (Fsp3) is 0.786. The van der Waals surface area contributed by atoms with Crippen molar-refractivity contribution in [3.8, 4) is 0 Å². The minimum absolute atomic E-state index is 0.225. The second kappa shape index (κ2) is 4.32. The molecule has 2 unspecified atom stereocenters. The molecule has 0 aromatic heterocycles. The average molecular weight is 265 g/mol. The van der Waals surface area contributed by atoms with Crippen molar-refractivity contribution < 1.29 is 19.5 Å². The fourth-order valence-electron chi connectivity index (χ4n) is 4.08. The number of carboxylic acids is 1. The minimum Gasteiger partial charge on any atom is -0.479 e. The first kappa shape index (κ1) is 12.6. The van der Waals surface area contributed by atoms with Crippen LogP contribution in [0.15, 0.2) is 0 Å². The highest BCUT2D eigenvalue weighted by Crippen LogP contribution is 2.45. The van der Waals surface area contributed by atoms with Crippen molar-refractivity contribution in [2.24, 2.45) is 11.8 Å². The van der Waals surface area contributed by atoms with Crippen LogP contribution in [0.3, 0.4) is 0 Å². The Hall–Kier alpha value is -1.39. The molecule has 0 spiro atoms. The first-order valence-corrected chi connectivity index (χ1v) is 7.19. The number of imide groups is 1. The molecular weight excluding hydrogens is 246 g/mol. The molecule has 2 saturated carbocycles. The van der Waals surface area contributed by atoms with Gasteiger partial charge in [0.25, 0.3) is 0 Å². The number of aliphatic carboxylic acids is 1. The topological polar surface area (TPSA) is 74.7 Å². The lowest BCUT2D eigenvalue weighted by atomic mass is 9.80. The molecule has 1 N–H and O–H groups in total. The van der Waals surface area contributed by atoms with Gasteiger partial charge < -0.3 is 5.11 Å². The van der Waals surface area contributed by atoms with Crippen LogP contribution in [0.5, 0.6) is 0 Å². The van der Waals surface area contributed by atoms with E-state index in [-0.39, 0.29) is 23.7 Å². The standard InChI is InChI=1S/C14H19NO4/c16-11-9-5-4-6-10(9)12(17)15(11)14(13(18)19)7-2-1-3-8-14/h9-10H,1-8H2,(H,18,19). The van der Waals surface area contributed by atoms with Crippen LogP contribution >= 0.6 is 0 Å². The molecule has 3 fully saturated rings. The van der Waals surface area contributed by atoms with E-state index in [2.05, 4.69) is 0 Å². The zero-order valence-electron chi connectivity index (χ0n) is 10.9. The van der Waals surface area contributed by atoms with E-state index in [0.717, 1.165) is 43.4 Å². The van der Waals surface area contributed by atoms with Crippen molar-refractivity contribution in [1.29, 1.82) is 0 Å². The molecule has 1 saturated heterocycles. The zero-order valence-corrected chi connectivity index (χ0v) is 10.9. The zero-order chi connectivity index (χ0) is 13.6. The highest BCUT2D eigenvalue weighted by atomic mass is 16.4. The predicted molar refractivity (Wildman–Crippen MR) is 66.1 cm³/mol. The SMILES string of the molecule is O=C1C2CCCC2C(=O)N1C1(C(=O)O)CCCCC1. The molecule has 5 nitrogen and oxygen atoms in total. The van der Waals surface area contributed by atoms with Crippen molar-refractivity contribution in [2.45, 2.75) is 56.9 Å². The van der Waals surface area contributed by atoms with Crippen LogP contribution in [0.25, 0.3) is 0 Å². The first-order chi connectivity index (χ1) is 9.08. The molecule has 0 aromatic carbocycles. The Bertz CT molecular complexity index is 417. The lowest BCUT2D eigenvalue weighted by Gasteiger charge is -2.40. The molecule has 5 heteroatoms. The summed E-state index contributed by atoms with van der Waals surface area (Å²) >= 11 is 0. The van der Waals surface area contributed by atoms with Crippen LogP contribution in [0.4, 0.5) is 0 Å². The van der Waals surface area contributed by atoms with Crippen LogP contribution in [-0.2, 0) is 14.4 Å². The van der Waals surface area contributed by atoms with Gasteiger partial charge in [-0.3, -0.25) is 14.5 Å². The van der Waals surface area contributed by atoms with Gasteiger partial charge in [-0.05, 0) is 25.7 Å². The lowest BCUT2D eigenvalue weighted by molar-refractivity contribution is -0.166. The maximum Gasteiger partial charge on any atom is 0.330 e. The van der Waals surface area contributed by atoms with Crippen molar-refractivity contribution in [3.05, 3.63) is 0 Å². The van der Waals surface area contributed by atoms with Crippen molar-refractivity contribution >= 4 is 17.8 Å². The van der Waals surface area contributed by atoms with Gasteiger partial charge in [-0.2, -0.15) is 0 Å². The number of carbonyl (C=O) groups is 3. The third-order valence-electron chi connectivity index (χ3n) is 5.10. The number of carbonyl (C=O) groups excluding carboxylic acids is 2.